The molecule has 0 aromatic heterocycles. The van der Waals surface area contributed by atoms with Gasteiger partial charge in [-0.25, -0.2) is 0 Å². The summed E-state index contributed by atoms with van der Waals surface area (Å²) in [6.07, 6.45) is 3.29. The molecule has 2 heterocycles. The van der Waals surface area contributed by atoms with E-state index in [0.29, 0.717) is 11.8 Å². The van der Waals surface area contributed by atoms with Crippen LogP contribution in [0.25, 0.3) is 0 Å². The van der Waals surface area contributed by atoms with Crippen LogP contribution in [0.4, 0.5) is 0 Å². The van der Waals surface area contributed by atoms with E-state index in [2.05, 4.69) is 5.32 Å². The number of rotatable bonds is 4. The minimum absolute atomic E-state index is 0.217. The molecule has 2 atom stereocenters. The van der Waals surface area contributed by atoms with Crippen molar-refractivity contribution in [1.29, 1.82) is 0 Å². The van der Waals surface area contributed by atoms with Gasteiger partial charge in [0.25, 0.3) is 0 Å². The summed E-state index contributed by atoms with van der Waals surface area (Å²) in [4.78, 5) is 14.3. The maximum absolute atomic E-state index is 12.3. The number of amides is 1. The van der Waals surface area contributed by atoms with Crippen molar-refractivity contribution >= 4 is 5.91 Å². The molecule has 2 saturated heterocycles. The molecular weight excluding hydrogens is 216 g/mol. The van der Waals surface area contributed by atoms with Crippen molar-refractivity contribution in [1.82, 2.24) is 10.2 Å². The summed E-state index contributed by atoms with van der Waals surface area (Å²) in [6, 6.07) is 0. The van der Waals surface area contributed by atoms with Crippen LogP contribution in [0, 0.1) is 11.8 Å². The topological polar surface area (TPSA) is 41.6 Å². The van der Waals surface area contributed by atoms with Gasteiger partial charge >= 0.3 is 0 Å². The van der Waals surface area contributed by atoms with E-state index in [1.165, 1.54) is 0 Å². The molecule has 17 heavy (non-hydrogen) atoms. The summed E-state index contributed by atoms with van der Waals surface area (Å²) in [7, 11) is 0. The number of nitrogens with zero attached hydrogens (tertiary/aromatic N) is 1. The van der Waals surface area contributed by atoms with Crippen molar-refractivity contribution in [3.8, 4) is 0 Å². The highest BCUT2D eigenvalue weighted by Crippen LogP contribution is 2.21. The second-order valence-corrected chi connectivity index (χ2v) is 5.14. The number of carbonyl (C=O) groups is 1. The minimum Gasteiger partial charge on any atom is -0.381 e. The van der Waals surface area contributed by atoms with Gasteiger partial charge in [-0.15, -0.1) is 0 Å². The quantitative estimate of drug-likeness (QED) is 0.793. The summed E-state index contributed by atoms with van der Waals surface area (Å²) < 4.78 is 5.44. The van der Waals surface area contributed by atoms with Crippen molar-refractivity contribution < 1.29 is 9.53 Å². The summed E-state index contributed by atoms with van der Waals surface area (Å²) in [5, 5.41) is 3.31. The Labute approximate surface area is 104 Å². The molecule has 4 nitrogen and oxygen atoms in total. The van der Waals surface area contributed by atoms with Gasteiger partial charge in [0.15, 0.2) is 0 Å². The molecule has 2 aliphatic heterocycles. The molecule has 0 unspecified atom stereocenters. The molecule has 4 heteroatoms. The molecule has 0 aromatic rings. The first-order valence-corrected chi connectivity index (χ1v) is 6.88. The maximum atomic E-state index is 12.3. The van der Waals surface area contributed by atoms with Crippen LogP contribution < -0.4 is 5.32 Å². The molecule has 0 spiro atoms. The fourth-order valence-electron chi connectivity index (χ4n) is 2.77. The van der Waals surface area contributed by atoms with Crippen LogP contribution in [-0.2, 0) is 9.53 Å². The smallest absolute Gasteiger partial charge is 0.226 e. The summed E-state index contributed by atoms with van der Waals surface area (Å²) in [5.74, 6) is 1.13. The Hall–Kier alpha value is -0.610. The Bertz CT molecular complexity index is 252. The first-order chi connectivity index (χ1) is 8.31. The predicted molar refractivity (Wildman–Crippen MR) is 66.8 cm³/mol. The van der Waals surface area contributed by atoms with Gasteiger partial charge in [0, 0.05) is 32.2 Å². The zero-order valence-electron chi connectivity index (χ0n) is 10.8. The monoisotopic (exact) mass is 240 g/mol. The fraction of sp³-hybridized carbons (Fsp3) is 0.923. The second-order valence-electron chi connectivity index (χ2n) is 5.14. The second kappa shape index (κ2) is 6.36. The standard InChI is InChI=1S/C13H24N2O2/c1-2-17-10-11-5-7-15(9-11)13(16)12-4-3-6-14-8-12/h11-12,14H,2-10H2,1H3/t11-,12-/m0/s1. The third-order valence-corrected chi connectivity index (χ3v) is 3.80. The van der Waals surface area contributed by atoms with E-state index in [1.54, 1.807) is 0 Å². The molecular formula is C13H24N2O2. The lowest BCUT2D eigenvalue weighted by Crippen LogP contribution is -2.42. The number of likely N-dealkylation sites (tertiary alicyclic amines) is 1. The Balaban J connectivity index is 1.76. The molecule has 2 aliphatic rings. The van der Waals surface area contributed by atoms with Gasteiger partial charge in [0.05, 0.1) is 12.5 Å². The molecule has 1 amide bonds. The van der Waals surface area contributed by atoms with E-state index in [9.17, 15) is 4.79 Å². The lowest BCUT2D eigenvalue weighted by molar-refractivity contribution is -0.135. The van der Waals surface area contributed by atoms with Crippen LogP contribution in [0.1, 0.15) is 26.2 Å². The van der Waals surface area contributed by atoms with Gasteiger partial charge in [-0.1, -0.05) is 0 Å². The number of carbonyl (C=O) groups excluding carboxylic acids is 1. The van der Waals surface area contributed by atoms with E-state index in [-0.39, 0.29) is 5.92 Å². The molecule has 0 aromatic carbocycles. The molecule has 0 bridgehead atoms. The first kappa shape index (κ1) is 12.8. The van der Waals surface area contributed by atoms with Crippen LogP contribution in [0.2, 0.25) is 0 Å². The normalized spacial score (nSPS) is 29.6. The van der Waals surface area contributed by atoms with Crippen molar-refractivity contribution in [3.05, 3.63) is 0 Å². The van der Waals surface area contributed by atoms with E-state index >= 15 is 0 Å². The highest BCUT2D eigenvalue weighted by atomic mass is 16.5. The van der Waals surface area contributed by atoms with Gasteiger partial charge in [-0.2, -0.15) is 0 Å². The number of piperidine rings is 1. The number of nitrogens with one attached hydrogen (secondary N) is 1. The van der Waals surface area contributed by atoms with E-state index in [0.717, 1.165) is 58.7 Å². The lowest BCUT2D eigenvalue weighted by Gasteiger charge is -2.26. The van der Waals surface area contributed by atoms with Crippen LogP contribution in [0.3, 0.4) is 0 Å². The van der Waals surface area contributed by atoms with Gasteiger partial charge in [0.2, 0.25) is 5.91 Å². The lowest BCUT2D eigenvalue weighted by atomic mass is 9.98. The Kier molecular flexibility index (Phi) is 4.80. The van der Waals surface area contributed by atoms with Crippen LogP contribution in [0.5, 0.6) is 0 Å². The van der Waals surface area contributed by atoms with Gasteiger partial charge < -0.3 is 15.0 Å². The first-order valence-electron chi connectivity index (χ1n) is 6.88. The molecule has 0 radical (unpaired) electrons. The van der Waals surface area contributed by atoms with Gasteiger partial charge in [0.1, 0.15) is 0 Å². The average Bonchev–Trinajstić information content (AvgIpc) is 2.85. The highest BCUT2D eigenvalue weighted by Gasteiger charge is 2.31. The Morgan fingerprint density at radius 1 is 1.47 bits per heavy atom. The summed E-state index contributed by atoms with van der Waals surface area (Å²) in [6.45, 7) is 7.36. The SMILES string of the molecule is CCOC[C@H]1CCN(C(=O)[C@H]2CCCNC2)C1. The minimum atomic E-state index is 0.217. The van der Waals surface area contributed by atoms with E-state index < -0.39 is 0 Å². The van der Waals surface area contributed by atoms with Crippen molar-refractivity contribution in [2.75, 3.05) is 39.4 Å². The third-order valence-electron chi connectivity index (χ3n) is 3.80. The van der Waals surface area contributed by atoms with Crippen LogP contribution >= 0.6 is 0 Å². The molecule has 1 N–H and O–H groups in total. The third kappa shape index (κ3) is 3.42. The molecule has 98 valence electrons. The highest BCUT2D eigenvalue weighted by molar-refractivity contribution is 5.79. The van der Waals surface area contributed by atoms with Gasteiger partial charge in [-0.3, -0.25) is 4.79 Å². The molecule has 2 fully saturated rings. The number of hydrogen-bond donors (Lipinski definition) is 1. The number of hydrogen-bond acceptors (Lipinski definition) is 3. The van der Waals surface area contributed by atoms with Crippen LogP contribution in [-0.4, -0.2) is 50.2 Å². The van der Waals surface area contributed by atoms with Crippen LogP contribution in [0.15, 0.2) is 0 Å². The average molecular weight is 240 g/mol. The zero-order valence-corrected chi connectivity index (χ0v) is 10.8. The Morgan fingerprint density at radius 2 is 2.35 bits per heavy atom. The largest absolute Gasteiger partial charge is 0.381 e. The molecule has 0 aliphatic carbocycles. The Morgan fingerprint density at radius 3 is 3.06 bits per heavy atom. The fourth-order valence-corrected chi connectivity index (χ4v) is 2.77. The predicted octanol–water partition coefficient (Wildman–Crippen LogP) is 0.871. The summed E-state index contributed by atoms with van der Waals surface area (Å²) in [5.41, 5.74) is 0. The van der Waals surface area contributed by atoms with Gasteiger partial charge in [-0.05, 0) is 32.7 Å². The molecule has 2 rings (SSSR count). The van der Waals surface area contributed by atoms with Crippen molar-refractivity contribution in [2.45, 2.75) is 26.2 Å². The van der Waals surface area contributed by atoms with Crippen molar-refractivity contribution in [2.24, 2.45) is 11.8 Å². The van der Waals surface area contributed by atoms with E-state index in [1.807, 2.05) is 11.8 Å². The van der Waals surface area contributed by atoms with E-state index in [4.69, 9.17) is 4.74 Å². The van der Waals surface area contributed by atoms with Crippen molar-refractivity contribution in [3.63, 3.8) is 0 Å². The molecule has 0 saturated carbocycles. The zero-order chi connectivity index (χ0) is 12.1. The number of ether oxygens (including phenoxy) is 1. The maximum Gasteiger partial charge on any atom is 0.226 e. The summed E-state index contributed by atoms with van der Waals surface area (Å²) >= 11 is 0.